The van der Waals surface area contributed by atoms with Crippen LogP contribution in [0.2, 0.25) is 0 Å². The number of halogens is 1. The molecule has 0 unspecified atom stereocenters. The molecule has 0 heterocycles. The number of carbonyl (C=O) groups excluding carboxylic acids is 2. The molecule has 0 aliphatic carbocycles. The first-order valence-corrected chi connectivity index (χ1v) is 7.91. The Morgan fingerprint density at radius 3 is 2.08 bits per heavy atom. The van der Waals surface area contributed by atoms with Crippen molar-refractivity contribution in [1.82, 2.24) is 9.80 Å². The van der Waals surface area contributed by atoms with Gasteiger partial charge in [0.2, 0.25) is 11.8 Å². The summed E-state index contributed by atoms with van der Waals surface area (Å²) < 4.78 is 13.3. The molecule has 0 aliphatic rings. The highest BCUT2D eigenvalue weighted by atomic mass is 19.1. The number of nitrogens with two attached hydrogens (primary N) is 1. The van der Waals surface area contributed by atoms with Crippen molar-refractivity contribution >= 4 is 11.8 Å². The first kappa shape index (κ1) is 18.6. The molecular formula is C19H22FN3O2. The largest absolute Gasteiger partial charge is 0.369 e. The highest BCUT2D eigenvalue weighted by molar-refractivity contribution is 5.80. The Morgan fingerprint density at radius 2 is 1.52 bits per heavy atom. The Bertz CT molecular complexity index is 719. The lowest BCUT2D eigenvalue weighted by atomic mass is 9.97. The minimum Gasteiger partial charge on any atom is -0.369 e. The number of hydrogen-bond donors (Lipinski definition) is 1. The Balaban J connectivity index is 2.27. The fourth-order valence-corrected chi connectivity index (χ4v) is 2.73. The minimum absolute atomic E-state index is 0.00608. The van der Waals surface area contributed by atoms with Crippen molar-refractivity contribution in [2.45, 2.75) is 6.04 Å². The van der Waals surface area contributed by atoms with Crippen molar-refractivity contribution in [3.05, 3.63) is 71.5 Å². The zero-order valence-corrected chi connectivity index (χ0v) is 14.4. The standard InChI is InChI=1S/C19H22FN3O2/c1-22(12-17(21)24)13-18(25)23(2)19(14-6-4-3-5-7-14)15-8-10-16(20)11-9-15/h3-11,19H,12-13H2,1-2H3,(H2,21,24)/t19-/m1/s1. The van der Waals surface area contributed by atoms with Gasteiger partial charge in [-0.25, -0.2) is 4.39 Å². The number of rotatable bonds is 7. The van der Waals surface area contributed by atoms with Gasteiger partial charge in [-0.15, -0.1) is 0 Å². The number of hydrogen-bond acceptors (Lipinski definition) is 3. The number of primary amides is 1. The second kappa shape index (κ2) is 8.39. The SMILES string of the molecule is CN(CC(N)=O)CC(=O)N(C)[C@H](c1ccccc1)c1ccc(F)cc1. The van der Waals surface area contributed by atoms with Crippen molar-refractivity contribution in [3.8, 4) is 0 Å². The lowest BCUT2D eigenvalue weighted by Gasteiger charge is -2.30. The molecule has 2 aromatic carbocycles. The van der Waals surface area contributed by atoms with Crippen LogP contribution >= 0.6 is 0 Å². The molecule has 0 radical (unpaired) electrons. The zero-order chi connectivity index (χ0) is 18.4. The Morgan fingerprint density at radius 1 is 0.960 bits per heavy atom. The molecule has 0 spiro atoms. The summed E-state index contributed by atoms with van der Waals surface area (Å²) in [5.41, 5.74) is 6.89. The molecule has 2 N–H and O–H groups in total. The van der Waals surface area contributed by atoms with E-state index >= 15 is 0 Å². The summed E-state index contributed by atoms with van der Waals surface area (Å²) in [6, 6.07) is 15.3. The summed E-state index contributed by atoms with van der Waals surface area (Å²) in [6.07, 6.45) is 0. The summed E-state index contributed by atoms with van der Waals surface area (Å²) in [6.45, 7) is 0.0656. The van der Waals surface area contributed by atoms with Crippen LogP contribution in [0.5, 0.6) is 0 Å². The van der Waals surface area contributed by atoms with Gasteiger partial charge in [-0.2, -0.15) is 0 Å². The van der Waals surface area contributed by atoms with E-state index in [1.54, 1.807) is 36.0 Å². The van der Waals surface area contributed by atoms with Crippen LogP contribution in [0.1, 0.15) is 17.2 Å². The zero-order valence-electron chi connectivity index (χ0n) is 14.4. The number of nitrogens with zero attached hydrogens (tertiary/aromatic N) is 2. The molecule has 2 amide bonds. The average molecular weight is 343 g/mol. The van der Waals surface area contributed by atoms with Crippen LogP contribution in [0.25, 0.3) is 0 Å². The topological polar surface area (TPSA) is 66.6 Å². The van der Waals surface area contributed by atoms with E-state index < -0.39 is 5.91 Å². The Hall–Kier alpha value is -2.73. The van der Waals surface area contributed by atoms with Crippen LogP contribution in [-0.4, -0.2) is 48.8 Å². The molecule has 5 nitrogen and oxygen atoms in total. The van der Waals surface area contributed by atoms with Crippen molar-refractivity contribution in [2.24, 2.45) is 5.73 Å². The fraction of sp³-hybridized carbons (Fsp3) is 0.263. The smallest absolute Gasteiger partial charge is 0.237 e. The second-order valence-electron chi connectivity index (χ2n) is 6.01. The molecule has 0 aromatic heterocycles. The van der Waals surface area contributed by atoms with Gasteiger partial charge in [-0.05, 0) is 30.3 Å². The van der Waals surface area contributed by atoms with E-state index in [2.05, 4.69) is 0 Å². The molecule has 2 aromatic rings. The third kappa shape index (κ3) is 5.12. The van der Waals surface area contributed by atoms with Crippen molar-refractivity contribution in [2.75, 3.05) is 27.2 Å². The fourth-order valence-electron chi connectivity index (χ4n) is 2.73. The predicted octanol–water partition coefficient (Wildman–Crippen LogP) is 1.79. The Kier molecular flexibility index (Phi) is 6.25. The van der Waals surface area contributed by atoms with E-state index in [4.69, 9.17) is 5.73 Å². The normalized spacial score (nSPS) is 12.0. The van der Waals surface area contributed by atoms with Gasteiger partial charge in [0.05, 0.1) is 19.1 Å². The van der Waals surface area contributed by atoms with Crippen molar-refractivity contribution < 1.29 is 14.0 Å². The maximum Gasteiger partial charge on any atom is 0.237 e. The van der Waals surface area contributed by atoms with E-state index in [-0.39, 0.29) is 30.9 Å². The molecule has 0 bridgehead atoms. The molecule has 132 valence electrons. The number of carbonyl (C=O) groups is 2. The number of amides is 2. The minimum atomic E-state index is -0.490. The molecule has 25 heavy (non-hydrogen) atoms. The van der Waals surface area contributed by atoms with Gasteiger partial charge in [-0.1, -0.05) is 42.5 Å². The van der Waals surface area contributed by atoms with Crippen LogP contribution in [0, 0.1) is 5.82 Å². The monoisotopic (exact) mass is 343 g/mol. The average Bonchev–Trinajstić information content (AvgIpc) is 2.57. The van der Waals surface area contributed by atoms with Gasteiger partial charge in [0, 0.05) is 7.05 Å². The molecular weight excluding hydrogens is 321 g/mol. The van der Waals surface area contributed by atoms with E-state index in [0.29, 0.717) is 0 Å². The third-order valence-electron chi connectivity index (χ3n) is 3.91. The quantitative estimate of drug-likeness (QED) is 0.833. The highest BCUT2D eigenvalue weighted by Crippen LogP contribution is 2.27. The van der Waals surface area contributed by atoms with E-state index in [0.717, 1.165) is 11.1 Å². The lowest BCUT2D eigenvalue weighted by Crippen LogP contribution is -2.41. The van der Waals surface area contributed by atoms with Crippen molar-refractivity contribution in [3.63, 3.8) is 0 Å². The molecule has 0 fully saturated rings. The van der Waals surface area contributed by atoms with Gasteiger partial charge < -0.3 is 10.6 Å². The Labute approximate surface area is 146 Å². The summed E-state index contributed by atoms with van der Waals surface area (Å²) in [4.78, 5) is 26.8. The number of likely N-dealkylation sites (N-methyl/N-ethyl adjacent to an activating group) is 2. The summed E-state index contributed by atoms with van der Waals surface area (Å²) in [7, 11) is 3.35. The summed E-state index contributed by atoms with van der Waals surface area (Å²) >= 11 is 0. The van der Waals surface area contributed by atoms with Crippen LogP contribution in [0.3, 0.4) is 0 Å². The van der Waals surface area contributed by atoms with Gasteiger partial charge in [-0.3, -0.25) is 14.5 Å². The van der Waals surface area contributed by atoms with Gasteiger partial charge >= 0.3 is 0 Å². The van der Waals surface area contributed by atoms with E-state index in [9.17, 15) is 14.0 Å². The maximum absolute atomic E-state index is 13.3. The van der Waals surface area contributed by atoms with Crippen molar-refractivity contribution in [1.29, 1.82) is 0 Å². The van der Waals surface area contributed by atoms with E-state index in [1.165, 1.54) is 12.1 Å². The van der Waals surface area contributed by atoms with Crippen LogP contribution in [-0.2, 0) is 9.59 Å². The molecule has 2 rings (SSSR count). The van der Waals surface area contributed by atoms with Gasteiger partial charge in [0.25, 0.3) is 0 Å². The highest BCUT2D eigenvalue weighted by Gasteiger charge is 2.24. The molecule has 0 saturated heterocycles. The van der Waals surface area contributed by atoms with Gasteiger partial charge in [0.15, 0.2) is 0 Å². The predicted molar refractivity (Wildman–Crippen MR) is 94.1 cm³/mol. The van der Waals surface area contributed by atoms with Crippen LogP contribution in [0.15, 0.2) is 54.6 Å². The first-order valence-electron chi connectivity index (χ1n) is 7.91. The summed E-state index contributed by atoms with van der Waals surface area (Å²) in [5.74, 6) is -0.983. The second-order valence-corrected chi connectivity index (χ2v) is 6.01. The van der Waals surface area contributed by atoms with E-state index in [1.807, 2.05) is 30.3 Å². The molecule has 0 saturated carbocycles. The molecule has 1 atom stereocenters. The van der Waals surface area contributed by atoms with Crippen LogP contribution in [0.4, 0.5) is 4.39 Å². The summed E-state index contributed by atoms with van der Waals surface area (Å²) in [5, 5.41) is 0. The first-order chi connectivity index (χ1) is 11.9. The van der Waals surface area contributed by atoms with Crippen LogP contribution < -0.4 is 5.73 Å². The number of benzene rings is 2. The van der Waals surface area contributed by atoms with Gasteiger partial charge in [0.1, 0.15) is 5.82 Å². The molecule has 0 aliphatic heterocycles. The molecule has 6 heteroatoms. The third-order valence-corrected chi connectivity index (χ3v) is 3.91. The maximum atomic E-state index is 13.3. The lowest BCUT2D eigenvalue weighted by molar-refractivity contribution is -0.132.